The Bertz CT molecular complexity index is 425. The van der Waals surface area contributed by atoms with Crippen LogP contribution in [0, 0.1) is 5.41 Å². The molecule has 20 heavy (non-hydrogen) atoms. The van der Waals surface area contributed by atoms with Crippen LogP contribution in [0.5, 0.6) is 0 Å². The molecule has 2 fully saturated rings. The minimum absolute atomic E-state index is 0.661. The average Bonchev–Trinajstić information content (AvgIpc) is 2.69. The molecule has 0 unspecified atom stereocenters. The van der Waals surface area contributed by atoms with E-state index in [4.69, 9.17) is 0 Å². The molecule has 0 bridgehead atoms. The van der Waals surface area contributed by atoms with Gasteiger partial charge in [0.25, 0.3) is 0 Å². The van der Waals surface area contributed by atoms with Crippen LogP contribution in [0.2, 0.25) is 0 Å². The Balaban J connectivity index is 1.61. The van der Waals surface area contributed by atoms with Crippen LogP contribution in [0.3, 0.4) is 0 Å². The second-order valence-electron chi connectivity index (χ2n) is 6.72. The van der Waals surface area contributed by atoms with Crippen molar-refractivity contribution in [3.63, 3.8) is 0 Å². The van der Waals surface area contributed by atoms with Gasteiger partial charge in [-0.15, -0.1) is 0 Å². The summed E-state index contributed by atoms with van der Waals surface area (Å²) in [5.41, 5.74) is 3.50. The number of benzene rings is 1. The fourth-order valence-corrected chi connectivity index (χ4v) is 3.87. The lowest BCUT2D eigenvalue weighted by atomic mass is 9.73. The van der Waals surface area contributed by atoms with Gasteiger partial charge in [-0.25, -0.2) is 0 Å². The number of nitrogens with one attached hydrogen (secondary N) is 1. The molecule has 0 atom stereocenters. The Morgan fingerprint density at radius 2 is 1.85 bits per heavy atom. The Hall–Kier alpha value is -1.02. The number of anilines is 1. The molecule has 3 rings (SSSR count). The van der Waals surface area contributed by atoms with E-state index in [1.807, 2.05) is 0 Å². The van der Waals surface area contributed by atoms with Crippen LogP contribution in [0.25, 0.3) is 0 Å². The second kappa shape index (κ2) is 6.17. The van der Waals surface area contributed by atoms with Crippen LogP contribution in [0.4, 0.5) is 5.69 Å². The Morgan fingerprint density at radius 3 is 2.55 bits per heavy atom. The van der Waals surface area contributed by atoms with Crippen LogP contribution in [-0.2, 0) is 6.54 Å². The van der Waals surface area contributed by atoms with Crippen molar-refractivity contribution in [2.24, 2.45) is 5.41 Å². The SMILES string of the molecule is CCNCc1cccc(N2CC3(CCCCCC3)C2)c1. The van der Waals surface area contributed by atoms with Crippen molar-refractivity contribution in [2.45, 2.75) is 52.0 Å². The molecule has 1 heterocycles. The highest BCUT2D eigenvalue weighted by Crippen LogP contribution is 2.44. The molecule has 1 spiro atoms. The van der Waals surface area contributed by atoms with Gasteiger partial charge < -0.3 is 10.2 Å². The average molecular weight is 272 g/mol. The summed E-state index contributed by atoms with van der Waals surface area (Å²) in [5, 5.41) is 3.41. The van der Waals surface area contributed by atoms with E-state index in [0.717, 1.165) is 13.1 Å². The third kappa shape index (κ3) is 3.01. The van der Waals surface area contributed by atoms with Gasteiger partial charge in [0.1, 0.15) is 0 Å². The predicted molar refractivity (Wildman–Crippen MR) is 86.2 cm³/mol. The van der Waals surface area contributed by atoms with E-state index in [9.17, 15) is 0 Å². The van der Waals surface area contributed by atoms with Gasteiger partial charge in [-0.3, -0.25) is 0 Å². The van der Waals surface area contributed by atoms with Crippen LogP contribution in [0.1, 0.15) is 51.0 Å². The first-order valence-corrected chi connectivity index (χ1v) is 8.36. The fourth-order valence-electron chi connectivity index (χ4n) is 3.87. The van der Waals surface area contributed by atoms with Gasteiger partial charge in [0.15, 0.2) is 0 Å². The Kier molecular flexibility index (Phi) is 4.30. The molecule has 1 aliphatic carbocycles. The number of nitrogens with zero attached hydrogens (tertiary/aromatic N) is 1. The number of hydrogen-bond donors (Lipinski definition) is 1. The van der Waals surface area contributed by atoms with Gasteiger partial charge in [0, 0.05) is 30.7 Å². The second-order valence-corrected chi connectivity index (χ2v) is 6.72. The summed E-state index contributed by atoms with van der Waals surface area (Å²) in [6.07, 6.45) is 8.74. The molecule has 1 aliphatic heterocycles. The molecule has 0 radical (unpaired) electrons. The fraction of sp³-hybridized carbons (Fsp3) is 0.667. The highest BCUT2D eigenvalue weighted by atomic mass is 15.2. The molecular weight excluding hydrogens is 244 g/mol. The van der Waals surface area contributed by atoms with E-state index in [1.54, 1.807) is 0 Å². The zero-order valence-corrected chi connectivity index (χ0v) is 12.8. The highest BCUT2D eigenvalue weighted by Gasteiger charge is 2.42. The van der Waals surface area contributed by atoms with Gasteiger partial charge in [-0.2, -0.15) is 0 Å². The largest absolute Gasteiger partial charge is 0.370 e. The molecule has 1 saturated carbocycles. The van der Waals surface area contributed by atoms with Crippen molar-refractivity contribution in [3.05, 3.63) is 29.8 Å². The van der Waals surface area contributed by atoms with Crippen molar-refractivity contribution in [1.29, 1.82) is 0 Å². The molecule has 1 aromatic rings. The van der Waals surface area contributed by atoms with Crippen molar-refractivity contribution < 1.29 is 0 Å². The summed E-state index contributed by atoms with van der Waals surface area (Å²) in [6, 6.07) is 9.08. The molecule has 1 saturated heterocycles. The number of rotatable bonds is 4. The summed E-state index contributed by atoms with van der Waals surface area (Å²) >= 11 is 0. The van der Waals surface area contributed by atoms with E-state index in [-0.39, 0.29) is 0 Å². The van der Waals surface area contributed by atoms with Gasteiger partial charge in [0.05, 0.1) is 0 Å². The highest BCUT2D eigenvalue weighted by molar-refractivity contribution is 5.51. The van der Waals surface area contributed by atoms with Gasteiger partial charge in [-0.05, 0) is 37.1 Å². The molecular formula is C18H28N2. The standard InChI is InChI=1S/C18H28N2/c1-2-19-13-16-8-7-9-17(12-16)20-14-18(15-20)10-5-3-4-6-11-18/h7-9,12,19H,2-6,10-11,13-15H2,1H3. The van der Waals surface area contributed by atoms with Crippen molar-refractivity contribution in [3.8, 4) is 0 Å². The summed E-state index contributed by atoms with van der Waals surface area (Å²) in [7, 11) is 0. The van der Waals surface area contributed by atoms with Gasteiger partial charge in [0.2, 0.25) is 0 Å². The predicted octanol–water partition coefficient (Wildman–Crippen LogP) is 3.96. The minimum Gasteiger partial charge on any atom is -0.370 e. The molecule has 1 N–H and O–H groups in total. The molecule has 2 nitrogen and oxygen atoms in total. The molecule has 0 aromatic heterocycles. The lowest BCUT2D eigenvalue weighted by Gasteiger charge is -2.51. The number of hydrogen-bond acceptors (Lipinski definition) is 2. The smallest absolute Gasteiger partial charge is 0.0369 e. The van der Waals surface area contributed by atoms with Crippen LogP contribution < -0.4 is 10.2 Å². The third-order valence-electron chi connectivity index (χ3n) is 5.07. The first-order chi connectivity index (χ1) is 9.81. The normalized spacial score (nSPS) is 21.6. The Labute approximate surface area is 123 Å². The maximum absolute atomic E-state index is 3.41. The Morgan fingerprint density at radius 1 is 1.10 bits per heavy atom. The minimum atomic E-state index is 0.661. The summed E-state index contributed by atoms with van der Waals surface area (Å²) in [5.74, 6) is 0. The maximum atomic E-state index is 3.41. The molecule has 2 aliphatic rings. The summed E-state index contributed by atoms with van der Waals surface area (Å²) in [4.78, 5) is 2.58. The van der Waals surface area contributed by atoms with Gasteiger partial charge >= 0.3 is 0 Å². The quantitative estimate of drug-likeness (QED) is 0.892. The van der Waals surface area contributed by atoms with Crippen molar-refractivity contribution >= 4 is 5.69 Å². The summed E-state index contributed by atoms with van der Waals surface area (Å²) < 4.78 is 0. The molecule has 0 amide bonds. The van der Waals surface area contributed by atoms with E-state index in [1.165, 1.54) is 62.9 Å². The monoisotopic (exact) mass is 272 g/mol. The van der Waals surface area contributed by atoms with E-state index < -0.39 is 0 Å². The van der Waals surface area contributed by atoms with Crippen molar-refractivity contribution in [1.82, 2.24) is 5.32 Å². The molecule has 110 valence electrons. The molecule has 2 heteroatoms. The molecule has 1 aromatic carbocycles. The van der Waals surface area contributed by atoms with E-state index >= 15 is 0 Å². The first-order valence-electron chi connectivity index (χ1n) is 8.36. The van der Waals surface area contributed by atoms with Crippen LogP contribution in [-0.4, -0.2) is 19.6 Å². The third-order valence-corrected chi connectivity index (χ3v) is 5.07. The zero-order valence-electron chi connectivity index (χ0n) is 12.8. The topological polar surface area (TPSA) is 15.3 Å². The van der Waals surface area contributed by atoms with E-state index in [0.29, 0.717) is 5.41 Å². The van der Waals surface area contributed by atoms with Crippen LogP contribution in [0.15, 0.2) is 24.3 Å². The van der Waals surface area contributed by atoms with Crippen LogP contribution >= 0.6 is 0 Å². The summed E-state index contributed by atoms with van der Waals surface area (Å²) in [6.45, 7) is 6.77. The lowest BCUT2D eigenvalue weighted by Crippen LogP contribution is -2.56. The zero-order chi connectivity index (χ0) is 13.8. The first kappa shape index (κ1) is 13.9. The van der Waals surface area contributed by atoms with Crippen molar-refractivity contribution in [2.75, 3.05) is 24.5 Å². The maximum Gasteiger partial charge on any atom is 0.0369 e. The van der Waals surface area contributed by atoms with Gasteiger partial charge in [-0.1, -0.05) is 44.7 Å². The lowest BCUT2D eigenvalue weighted by molar-refractivity contribution is 0.180. The van der Waals surface area contributed by atoms with E-state index in [2.05, 4.69) is 41.4 Å².